The Hall–Kier alpha value is -1.55. The first-order chi connectivity index (χ1) is 10.2. The summed E-state index contributed by atoms with van der Waals surface area (Å²) < 4.78 is 5.68. The first-order valence-corrected chi connectivity index (χ1v) is 7.84. The van der Waals surface area contributed by atoms with Crippen LogP contribution in [0.1, 0.15) is 38.2 Å². The molecule has 21 heavy (non-hydrogen) atoms. The molecule has 1 aliphatic heterocycles. The molecular weight excluding hydrogens is 266 g/mol. The van der Waals surface area contributed by atoms with Crippen LogP contribution < -0.4 is 4.74 Å². The summed E-state index contributed by atoms with van der Waals surface area (Å²) in [5.41, 5.74) is 1.22. The number of piperidine rings is 1. The van der Waals surface area contributed by atoms with Gasteiger partial charge in [-0.05, 0) is 44.7 Å². The van der Waals surface area contributed by atoms with Gasteiger partial charge >= 0.3 is 5.97 Å². The van der Waals surface area contributed by atoms with E-state index in [1.165, 1.54) is 5.56 Å². The van der Waals surface area contributed by atoms with Crippen molar-refractivity contribution in [3.05, 3.63) is 29.8 Å². The van der Waals surface area contributed by atoms with Crippen molar-refractivity contribution in [3.8, 4) is 5.75 Å². The molecule has 1 aromatic carbocycles. The zero-order chi connectivity index (χ0) is 15.1. The average molecular weight is 291 g/mol. The van der Waals surface area contributed by atoms with Gasteiger partial charge in [0.15, 0.2) is 0 Å². The van der Waals surface area contributed by atoms with Crippen molar-refractivity contribution < 1.29 is 14.6 Å². The van der Waals surface area contributed by atoms with Gasteiger partial charge in [-0.25, -0.2) is 0 Å². The lowest BCUT2D eigenvalue weighted by atomic mass is 9.93. The van der Waals surface area contributed by atoms with E-state index in [1.807, 2.05) is 25.1 Å². The van der Waals surface area contributed by atoms with Gasteiger partial charge in [0, 0.05) is 25.1 Å². The summed E-state index contributed by atoms with van der Waals surface area (Å²) in [5.74, 6) is 0.788. The number of carbonyl (C=O) groups is 1. The lowest BCUT2D eigenvalue weighted by Crippen LogP contribution is -2.35. The van der Waals surface area contributed by atoms with Gasteiger partial charge in [0.1, 0.15) is 5.75 Å². The van der Waals surface area contributed by atoms with Crippen LogP contribution in [0.5, 0.6) is 5.75 Å². The van der Waals surface area contributed by atoms with E-state index in [0.717, 1.165) is 44.6 Å². The van der Waals surface area contributed by atoms with E-state index in [9.17, 15) is 4.79 Å². The lowest BCUT2D eigenvalue weighted by molar-refractivity contribution is -0.137. The third-order valence-corrected chi connectivity index (χ3v) is 4.04. The van der Waals surface area contributed by atoms with Crippen LogP contribution in [-0.4, -0.2) is 35.7 Å². The van der Waals surface area contributed by atoms with Gasteiger partial charge in [0.05, 0.1) is 6.61 Å². The Morgan fingerprint density at radius 3 is 3.00 bits per heavy atom. The van der Waals surface area contributed by atoms with Crippen LogP contribution >= 0.6 is 0 Å². The zero-order valence-electron chi connectivity index (χ0n) is 12.8. The Balaban J connectivity index is 1.91. The number of nitrogens with zero attached hydrogens (tertiary/aromatic N) is 1. The molecule has 1 unspecified atom stereocenters. The number of carboxylic acids is 1. The van der Waals surface area contributed by atoms with Gasteiger partial charge in [-0.1, -0.05) is 18.2 Å². The fourth-order valence-corrected chi connectivity index (χ4v) is 3.03. The molecule has 1 heterocycles. The highest BCUT2D eigenvalue weighted by Gasteiger charge is 2.21. The van der Waals surface area contributed by atoms with E-state index < -0.39 is 5.97 Å². The molecule has 1 aliphatic rings. The molecule has 0 aliphatic carbocycles. The minimum atomic E-state index is -0.686. The second-order valence-corrected chi connectivity index (χ2v) is 5.72. The maximum atomic E-state index is 10.7. The van der Waals surface area contributed by atoms with Crippen molar-refractivity contribution in [1.82, 2.24) is 4.90 Å². The molecular formula is C17H25NO3. The summed E-state index contributed by atoms with van der Waals surface area (Å²) in [5, 5.41) is 8.81. The molecule has 2 rings (SSSR count). The first-order valence-electron chi connectivity index (χ1n) is 7.84. The van der Waals surface area contributed by atoms with Crippen LogP contribution in [0.3, 0.4) is 0 Å². The van der Waals surface area contributed by atoms with Gasteiger partial charge in [-0.3, -0.25) is 9.69 Å². The van der Waals surface area contributed by atoms with Crippen molar-refractivity contribution in [2.24, 2.45) is 5.92 Å². The van der Waals surface area contributed by atoms with Gasteiger partial charge in [0.2, 0.25) is 0 Å². The molecule has 1 fully saturated rings. The summed E-state index contributed by atoms with van der Waals surface area (Å²) in [6, 6.07) is 8.18. The SMILES string of the molecule is CCOc1ccccc1CN1CCCC(CCC(=O)O)C1. The van der Waals surface area contributed by atoms with Crippen LogP contribution in [0.25, 0.3) is 0 Å². The van der Waals surface area contributed by atoms with Gasteiger partial charge in [0.25, 0.3) is 0 Å². The Bertz CT molecular complexity index is 461. The van der Waals surface area contributed by atoms with E-state index in [4.69, 9.17) is 9.84 Å². The standard InChI is InChI=1S/C17H25NO3/c1-2-21-16-8-4-3-7-15(16)13-18-11-5-6-14(12-18)9-10-17(19)20/h3-4,7-8,14H,2,5-6,9-13H2,1H3,(H,19,20). The summed E-state index contributed by atoms with van der Waals surface area (Å²) in [7, 11) is 0. The number of hydrogen-bond donors (Lipinski definition) is 1. The molecule has 1 saturated heterocycles. The largest absolute Gasteiger partial charge is 0.494 e. The predicted octanol–water partition coefficient (Wildman–Crippen LogP) is 3.16. The van der Waals surface area contributed by atoms with Gasteiger partial charge < -0.3 is 9.84 Å². The number of ether oxygens (including phenoxy) is 1. The van der Waals surface area contributed by atoms with E-state index in [-0.39, 0.29) is 6.42 Å². The van der Waals surface area contributed by atoms with Crippen molar-refractivity contribution in [2.75, 3.05) is 19.7 Å². The second-order valence-electron chi connectivity index (χ2n) is 5.72. The van der Waals surface area contributed by atoms with E-state index >= 15 is 0 Å². The number of carboxylic acid groups (broad SMARTS) is 1. The van der Waals surface area contributed by atoms with Crippen molar-refractivity contribution >= 4 is 5.97 Å². The molecule has 1 aromatic rings. The van der Waals surface area contributed by atoms with Crippen molar-refractivity contribution in [2.45, 2.75) is 39.2 Å². The second kappa shape index (κ2) is 8.03. The maximum absolute atomic E-state index is 10.7. The first kappa shape index (κ1) is 15.8. The number of para-hydroxylation sites is 1. The number of rotatable bonds is 7. The van der Waals surface area contributed by atoms with Gasteiger partial charge in [-0.15, -0.1) is 0 Å². The van der Waals surface area contributed by atoms with E-state index in [2.05, 4.69) is 11.0 Å². The molecule has 0 amide bonds. The summed E-state index contributed by atoms with van der Waals surface area (Å²) in [4.78, 5) is 13.1. The Morgan fingerprint density at radius 1 is 1.43 bits per heavy atom. The molecule has 0 aromatic heterocycles. The zero-order valence-corrected chi connectivity index (χ0v) is 12.8. The highest BCUT2D eigenvalue weighted by atomic mass is 16.5. The quantitative estimate of drug-likeness (QED) is 0.838. The topological polar surface area (TPSA) is 49.8 Å². The third-order valence-electron chi connectivity index (χ3n) is 4.04. The summed E-state index contributed by atoms with van der Waals surface area (Å²) in [6.07, 6.45) is 3.38. The summed E-state index contributed by atoms with van der Waals surface area (Å²) in [6.45, 7) is 5.65. The molecule has 1 atom stereocenters. The number of benzene rings is 1. The smallest absolute Gasteiger partial charge is 0.303 e. The monoisotopic (exact) mass is 291 g/mol. The molecule has 116 valence electrons. The minimum Gasteiger partial charge on any atom is -0.494 e. The fraction of sp³-hybridized carbons (Fsp3) is 0.588. The molecule has 1 N–H and O–H groups in total. The van der Waals surface area contributed by atoms with Crippen molar-refractivity contribution in [3.63, 3.8) is 0 Å². The number of hydrogen-bond acceptors (Lipinski definition) is 3. The fourth-order valence-electron chi connectivity index (χ4n) is 3.03. The van der Waals surface area contributed by atoms with Crippen LogP contribution in [0.15, 0.2) is 24.3 Å². The molecule has 4 nitrogen and oxygen atoms in total. The average Bonchev–Trinajstić information content (AvgIpc) is 2.48. The maximum Gasteiger partial charge on any atom is 0.303 e. The minimum absolute atomic E-state index is 0.286. The van der Waals surface area contributed by atoms with E-state index in [0.29, 0.717) is 12.5 Å². The summed E-state index contributed by atoms with van der Waals surface area (Å²) >= 11 is 0. The van der Waals surface area contributed by atoms with Crippen molar-refractivity contribution in [1.29, 1.82) is 0 Å². The van der Waals surface area contributed by atoms with Crippen LogP contribution in [-0.2, 0) is 11.3 Å². The predicted molar refractivity (Wildman–Crippen MR) is 82.5 cm³/mol. The Kier molecular flexibility index (Phi) is 6.05. The van der Waals surface area contributed by atoms with E-state index in [1.54, 1.807) is 0 Å². The number of aliphatic carboxylic acids is 1. The Morgan fingerprint density at radius 2 is 2.24 bits per heavy atom. The molecule has 0 saturated carbocycles. The van der Waals surface area contributed by atoms with Gasteiger partial charge in [-0.2, -0.15) is 0 Å². The van der Waals surface area contributed by atoms with Crippen LogP contribution in [0.2, 0.25) is 0 Å². The Labute approximate surface area is 126 Å². The third kappa shape index (κ3) is 5.05. The highest BCUT2D eigenvalue weighted by molar-refractivity contribution is 5.66. The van der Waals surface area contributed by atoms with Crippen LogP contribution in [0, 0.1) is 5.92 Å². The molecule has 0 spiro atoms. The number of likely N-dealkylation sites (tertiary alicyclic amines) is 1. The van der Waals surface area contributed by atoms with Crippen LogP contribution in [0.4, 0.5) is 0 Å². The molecule has 4 heteroatoms. The normalized spacial score (nSPS) is 19.4. The highest BCUT2D eigenvalue weighted by Crippen LogP contribution is 2.25. The molecule has 0 bridgehead atoms. The molecule has 0 radical (unpaired) electrons. The lowest BCUT2D eigenvalue weighted by Gasteiger charge is -2.33.